The molecule has 7 heteroatoms. The van der Waals surface area contributed by atoms with E-state index in [0.29, 0.717) is 0 Å². The minimum atomic E-state index is 0.847. The first kappa shape index (κ1) is 16.8. The van der Waals surface area contributed by atoms with Gasteiger partial charge >= 0.3 is 0 Å². The van der Waals surface area contributed by atoms with Gasteiger partial charge in [0.15, 0.2) is 11.0 Å². The topological polar surface area (TPSA) is 48.5 Å². The summed E-state index contributed by atoms with van der Waals surface area (Å²) in [4.78, 5) is 2.80. The van der Waals surface area contributed by atoms with Gasteiger partial charge in [0.2, 0.25) is 0 Å². The number of rotatable bonds is 5. The molecule has 0 saturated carbocycles. The average molecular weight is 374 g/mol. The Morgan fingerprint density at radius 1 is 1.32 bits per heavy atom. The lowest BCUT2D eigenvalue weighted by molar-refractivity contribution is 0.449. The van der Waals surface area contributed by atoms with E-state index in [2.05, 4.69) is 39.9 Å². The van der Waals surface area contributed by atoms with Gasteiger partial charge in [-0.25, -0.2) is 0 Å². The molecule has 4 rings (SSSR count). The van der Waals surface area contributed by atoms with Crippen molar-refractivity contribution in [3.63, 3.8) is 0 Å². The Kier molecular flexibility index (Phi) is 4.69. The summed E-state index contributed by atoms with van der Waals surface area (Å²) in [6.07, 6.45) is 9.00. The van der Waals surface area contributed by atoms with Crippen molar-refractivity contribution in [1.29, 1.82) is 0 Å². The second kappa shape index (κ2) is 6.96. The zero-order valence-corrected chi connectivity index (χ0v) is 16.5. The first-order chi connectivity index (χ1) is 12.1. The standard InChI is InChI=1S/C18H23N5S2/c1-4-12-5-6-15-14(7-12)8-16(25-15)17-20-21-18(23(17)3)24-11-13-9-19-22(2)10-13/h8-10,12H,4-7,11H2,1-3H3. The maximum Gasteiger partial charge on any atom is 0.191 e. The van der Waals surface area contributed by atoms with Gasteiger partial charge in [0, 0.05) is 36.5 Å². The normalized spacial score (nSPS) is 17.0. The summed E-state index contributed by atoms with van der Waals surface area (Å²) in [5.41, 5.74) is 2.74. The van der Waals surface area contributed by atoms with Gasteiger partial charge in [-0.15, -0.1) is 21.5 Å². The molecule has 3 aromatic heterocycles. The van der Waals surface area contributed by atoms with Crippen LogP contribution in [-0.4, -0.2) is 24.5 Å². The molecular formula is C18H23N5S2. The number of hydrogen-bond donors (Lipinski definition) is 0. The lowest BCUT2D eigenvalue weighted by atomic mass is 9.87. The van der Waals surface area contributed by atoms with E-state index in [4.69, 9.17) is 0 Å². The summed E-state index contributed by atoms with van der Waals surface area (Å²) in [5, 5.41) is 14.0. The van der Waals surface area contributed by atoms with Crippen LogP contribution in [0.1, 0.15) is 35.8 Å². The van der Waals surface area contributed by atoms with Gasteiger partial charge in [-0.1, -0.05) is 25.1 Å². The van der Waals surface area contributed by atoms with Crippen LogP contribution in [0, 0.1) is 5.92 Å². The van der Waals surface area contributed by atoms with Gasteiger partial charge in [0.05, 0.1) is 11.1 Å². The molecule has 0 aliphatic heterocycles. The van der Waals surface area contributed by atoms with E-state index < -0.39 is 0 Å². The summed E-state index contributed by atoms with van der Waals surface area (Å²) in [7, 11) is 4.00. The molecule has 1 unspecified atom stereocenters. The van der Waals surface area contributed by atoms with Crippen molar-refractivity contribution in [2.75, 3.05) is 0 Å². The monoisotopic (exact) mass is 373 g/mol. The number of aryl methyl sites for hydroxylation is 2. The fraction of sp³-hybridized carbons (Fsp3) is 0.500. The second-order valence-corrected chi connectivity index (χ2v) is 8.83. The summed E-state index contributed by atoms with van der Waals surface area (Å²) < 4.78 is 3.95. The molecule has 0 radical (unpaired) electrons. The number of nitrogens with zero attached hydrogens (tertiary/aromatic N) is 5. The van der Waals surface area contributed by atoms with E-state index in [0.717, 1.165) is 22.7 Å². The molecule has 5 nitrogen and oxygen atoms in total. The van der Waals surface area contributed by atoms with Gasteiger partial charge < -0.3 is 4.57 Å². The SMILES string of the molecule is CCC1CCc2sc(-c3nnc(SCc4cnn(C)c4)n3C)cc2C1. The lowest BCUT2D eigenvalue weighted by Crippen LogP contribution is -2.10. The molecule has 1 aliphatic carbocycles. The second-order valence-electron chi connectivity index (χ2n) is 6.75. The van der Waals surface area contributed by atoms with Gasteiger partial charge in [0.25, 0.3) is 0 Å². The zero-order valence-electron chi connectivity index (χ0n) is 14.9. The molecule has 0 aromatic carbocycles. The molecule has 0 spiro atoms. The molecule has 0 N–H and O–H groups in total. The number of thiophene rings is 1. The Bertz CT molecular complexity index is 876. The van der Waals surface area contributed by atoms with Crippen molar-refractivity contribution in [1.82, 2.24) is 24.5 Å². The summed E-state index contributed by atoms with van der Waals surface area (Å²) in [6.45, 7) is 2.30. The Morgan fingerprint density at radius 3 is 2.96 bits per heavy atom. The van der Waals surface area contributed by atoms with Crippen molar-refractivity contribution < 1.29 is 0 Å². The van der Waals surface area contributed by atoms with E-state index in [9.17, 15) is 0 Å². The van der Waals surface area contributed by atoms with Crippen LogP contribution in [0.15, 0.2) is 23.6 Å². The van der Waals surface area contributed by atoms with Crippen molar-refractivity contribution in [2.45, 2.75) is 43.5 Å². The van der Waals surface area contributed by atoms with Gasteiger partial charge in [-0.3, -0.25) is 4.68 Å². The van der Waals surface area contributed by atoms with Crippen LogP contribution in [0.5, 0.6) is 0 Å². The average Bonchev–Trinajstić information content (AvgIpc) is 3.30. The Morgan fingerprint density at radius 2 is 2.20 bits per heavy atom. The highest BCUT2D eigenvalue weighted by atomic mass is 32.2. The summed E-state index contributed by atoms with van der Waals surface area (Å²) >= 11 is 3.61. The first-order valence-corrected chi connectivity index (χ1v) is 10.6. The molecule has 1 aliphatic rings. The van der Waals surface area contributed by atoms with Crippen molar-refractivity contribution in [3.8, 4) is 10.7 Å². The fourth-order valence-electron chi connectivity index (χ4n) is 3.41. The molecule has 0 saturated heterocycles. The first-order valence-electron chi connectivity index (χ1n) is 8.75. The molecule has 3 aromatic rings. The van der Waals surface area contributed by atoms with Crippen molar-refractivity contribution in [3.05, 3.63) is 34.5 Å². The number of hydrogen-bond acceptors (Lipinski definition) is 5. The molecule has 1 atom stereocenters. The minimum Gasteiger partial charge on any atom is -0.304 e. The molecule has 132 valence electrons. The Labute approximate surface area is 156 Å². The lowest BCUT2D eigenvalue weighted by Gasteiger charge is -2.19. The highest BCUT2D eigenvalue weighted by Gasteiger charge is 2.22. The van der Waals surface area contributed by atoms with Gasteiger partial charge in [-0.2, -0.15) is 5.10 Å². The summed E-state index contributed by atoms with van der Waals surface area (Å²) in [5.74, 6) is 2.69. The third-order valence-electron chi connectivity index (χ3n) is 4.94. The predicted octanol–water partition coefficient (Wildman–Crippen LogP) is 4.08. The number of aromatic nitrogens is 5. The number of thioether (sulfide) groups is 1. The Hall–Kier alpha value is -1.60. The third-order valence-corrected chi connectivity index (χ3v) is 7.27. The third kappa shape index (κ3) is 3.40. The fourth-order valence-corrected chi connectivity index (χ4v) is 5.46. The van der Waals surface area contributed by atoms with Crippen LogP contribution < -0.4 is 0 Å². The number of fused-ring (bicyclic) bond motifs is 1. The largest absolute Gasteiger partial charge is 0.304 e. The van der Waals surface area contributed by atoms with Crippen LogP contribution in [0.4, 0.5) is 0 Å². The van der Waals surface area contributed by atoms with Crippen molar-refractivity contribution in [2.24, 2.45) is 20.0 Å². The van der Waals surface area contributed by atoms with E-state index in [1.165, 1.54) is 41.7 Å². The van der Waals surface area contributed by atoms with Gasteiger partial charge in [0.1, 0.15) is 0 Å². The smallest absolute Gasteiger partial charge is 0.191 e. The Balaban J connectivity index is 1.52. The highest BCUT2D eigenvalue weighted by Crippen LogP contribution is 2.38. The van der Waals surface area contributed by atoms with E-state index in [-0.39, 0.29) is 0 Å². The quantitative estimate of drug-likeness (QED) is 0.632. The molecule has 0 fully saturated rings. The van der Waals surface area contributed by atoms with Crippen molar-refractivity contribution >= 4 is 23.1 Å². The van der Waals surface area contributed by atoms with Gasteiger partial charge in [-0.05, 0) is 36.8 Å². The van der Waals surface area contributed by atoms with Crippen LogP contribution in [0.3, 0.4) is 0 Å². The van der Waals surface area contributed by atoms with Crippen LogP contribution in [-0.2, 0) is 32.7 Å². The molecule has 0 bridgehead atoms. The van der Waals surface area contributed by atoms with E-state index >= 15 is 0 Å². The highest BCUT2D eigenvalue weighted by molar-refractivity contribution is 7.98. The van der Waals surface area contributed by atoms with Crippen LogP contribution >= 0.6 is 23.1 Å². The molecule has 0 amide bonds. The maximum absolute atomic E-state index is 4.47. The zero-order chi connectivity index (χ0) is 17.4. The molecule has 25 heavy (non-hydrogen) atoms. The van der Waals surface area contributed by atoms with E-state index in [1.54, 1.807) is 16.6 Å². The minimum absolute atomic E-state index is 0.847. The van der Waals surface area contributed by atoms with E-state index in [1.807, 2.05) is 35.5 Å². The summed E-state index contributed by atoms with van der Waals surface area (Å²) in [6, 6.07) is 2.35. The molecular weight excluding hydrogens is 350 g/mol. The molecule has 3 heterocycles. The maximum atomic E-state index is 4.47. The van der Waals surface area contributed by atoms with Crippen LogP contribution in [0.25, 0.3) is 10.7 Å². The predicted molar refractivity (Wildman–Crippen MR) is 103 cm³/mol. The van der Waals surface area contributed by atoms with Crippen LogP contribution in [0.2, 0.25) is 0 Å².